The summed E-state index contributed by atoms with van der Waals surface area (Å²) in [6.07, 6.45) is 0. The first-order chi connectivity index (χ1) is 24.8. The maximum atomic E-state index is 2.41. The molecule has 0 atom stereocenters. The Morgan fingerprint density at radius 3 is 1.58 bits per heavy atom. The lowest BCUT2D eigenvalue weighted by Gasteiger charge is -2.28. The number of nitrogens with zero attached hydrogens (tertiary/aromatic N) is 2. The van der Waals surface area contributed by atoms with Crippen LogP contribution in [-0.4, -0.2) is 4.57 Å². The molecule has 0 amide bonds. The number of anilines is 3. The van der Waals surface area contributed by atoms with Gasteiger partial charge in [-0.1, -0.05) is 146 Å². The highest BCUT2D eigenvalue weighted by atomic mass is 15.1. The van der Waals surface area contributed by atoms with Crippen molar-refractivity contribution >= 4 is 38.9 Å². The van der Waals surface area contributed by atoms with E-state index < -0.39 is 0 Å². The molecule has 0 saturated heterocycles. The van der Waals surface area contributed by atoms with Crippen molar-refractivity contribution in [3.05, 3.63) is 206 Å². The lowest BCUT2D eigenvalue weighted by molar-refractivity contribution is 1.18. The summed E-state index contributed by atoms with van der Waals surface area (Å²) in [6.45, 7) is 0. The topological polar surface area (TPSA) is 8.17 Å². The summed E-state index contributed by atoms with van der Waals surface area (Å²) in [7, 11) is 0. The summed E-state index contributed by atoms with van der Waals surface area (Å²) in [5, 5.41) is 2.46. The Balaban J connectivity index is 1.33. The van der Waals surface area contributed by atoms with Gasteiger partial charge < -0.3 is 9.47 Å². The van der Waals surface area contributed by atoms with E-state index >= 15 is 0 Å². The molecule has 0 aliphatic carbocycles. The highest BCUT2D eigenvalue weighted by Crippen LogP contribution is 2.45. The second kappa shape index (κ2) is 12.8. The van der Waals surface area contributed by atoms with Crippen LogP contribution >= 0.6 is 0 Å². The minimum atomic E-state index is 1.10. The normalized spacial score (nSPS) is 11.2. The van der Waals surface area contributed by atoms with Gasteiger partial charge in [-0.25, -0.2) is 0 Å². The molecule has 2 heteroatoms. The molecule has 1 aromatic heterocycles. The molecule has 0 saturated carbocycles. The number of para-hydroxylation sites is 2. The van der Waals surface area contributed by atoms with E-state index in [-0.39, 0.29) is 0 Å². The summed E-state index contributed by atoms with van der Waals surface area (Å²) in [5.41, 5.74) is 14.0. The molecule has 0 spiro atoms. The minimum absolute atomic E-state index is 1.10. The number of fused-ring (bicyclic) bond motifs is 3. The number of rotatable bonds is 7. The average molecular weight is 639 g/mol. The zero-order chi connectivity index (χ0) is 33.3. The zero-order valence-corrected chi connectivity index (χ0v) is 27.5. The smallest absolute Gasteiger partial charge is 0.0547 e. The number of hydrogen-bond acceptors (Lipinski definition) is 1. The van der Waals surface area contributed by atoms with E-state index in [4.69, 9.17) is 0 Å². The molecule has 1 heterocycles. The monoisotopic (exact) mass is 638 g/mol. The first-order valence-corrected chi connectivity index (χ1v) is 17.1. The summed E-state index contributed by atoms with van der Waals surface area (Å²) in [4.78, 5) is 2.41. The predicted molar refractivity (Wildman–Crippen MR) is 212 cm³/mol. The van der Waals surface area contributed by atoms with Crippen LogP contribution < -0.4 is 4.90 Å². The predicted octanol–water partition coefficient (Wildman–Crippen LogP) is 13.3. The van der Waals surface area contributed by atoms with E-state index in [1.54, 1.807) is 0 Å². The lowest BCUT2D eigenvalue weighted by atomic mass is 9.96. The molecule has 0 radical (unpaired) electrons. The summed E-state index contributed by atoms with van der Waals surface area (Å²) < 4.78 is 2.40. The van der Waals surface area contributed by atoms with E-state index in [0.717, 1.165) is 22.7 Å². The van der Waals surface area contributed by atoms with Gasteiger partial charge in [0.1, 0.15) is 0 Å². The fourth-order valence-corrected chi connectivity index (χ4v) is 7.31. The Bertz CT molecular complexity index is 2560. The van der Waals surface area contributed by atoms with Crippen molar-refractivity contribution in [2.45, 2.75) is 0 Å². The van der Waals surface area contributed by atoms with Gasteiger partial charge in [-0.3, -0.25) is 0 Å². The van der Waals surface area contributed by atoms with Crippen LogP contribution in [0, 0.1) is 0 Å². The fourth-order valence-electron chi connectivity index (χ4n) is 7.31. The summed E-state index contributed by atoms with van der Waals surface area (Å²) >= 11 is 0. The van der Waals surface area contributed by atoms with Crippen LogP contribution in [-0.2, 0) is 0 Å². The first-order valence-electron chi connectivity index (χ1n) is 17.1. The lowest BCUT2D eigenvalue weighted by Crippen LogP contribution is -2.11. The summed E-state index contributed by atoms with van der Waals surface area (Å²) in [5.74, 6) is 0. The molecular formula is C48H34N2. The van der Waals surface area contributed by atoms with Gasteiger partial charge in [0.15, 0.2) is 0 Å². The van der Waals surface area contributed by atoms with Crippen LogP contribution in [0.25, 0.3) is 60.9 Å². The van der Waals surface area contributed by atoms with Gasteiger partial charge in [-0.05, 0) is 88.5 Å². The van der Waals surface area contributed by atoms with Crippen LogP contribution in [0.2, 0.25) is 0 Å². The minimum Gasteiger partial charge on any atom is -0.310 e. The Morgan fingerprint density at radius 1 is 0.340 bits per heavy atom. The molecule has 0 aliphatic rings. The quantitative estimate of drug-likeness (QED) is 0.169. The van der Waals surface area contributed by atoms with Gasteiger partial charge in [0.2, 0.25) is 0 Å². The highest BCUT2D eigenvalue weighted by molar-refractivity contribution is 6.16. The van der Waals surface area contributed by atoms with Gasteiger partial charge in [0.25, 0.3) is 0 Å². The van der Waals surface area contributed by atoms with Gasteiger partial charge in [0, 0.05) is 33.4 Å². The van der Waals surface area contributed by atoms with Crippen molar-refractivity contribution in [3.63, 3.8) is 0 Å². The average Bonchev–Trinajstić information content (AvgIpc) is 3.54. The second-order valence-corrected chi connectivity index (χ2v) is 12.6. The van der Waals surface area contributed by atoms with Crippen molar-refractivity contribution in [2.75, 3.05) is 4.90 Å². The maximum Gasteiger partial charge on any atom is 0.0547 e. The Labute approximate surface area is 292 Å². The molecule has 9 rings (SSSR count). The van der Waals surface area contributed by atoms with Gasteiger partial charge in [-0.2, -0.15) is 0 Å². The van der Waals surface area contributed by atoms with E-state index in [2.05, 4.69) is 216 Å². The Hall–Kier alpha value is -6.64. The largest absolute Gasteiger partial charge is 0.310 e. The van der Waals surface area contributed by atoms with E-state index in [0.29, 0.717) is 0 Å². The first kappa shape index (κ1) is 29.5. The summed E-state index contributed by atoms with van der Waals surface area (Å²) in [6, 6.07) is 74.1. The molecule has 236 valence electrons. The van der Waals surface area contributed by atoms with Crippen molar-refractivity contribution in [1.82, 2.24) is 4.57 Å². The Morgan fingerprint density at radius 2 is 0.920 bits per heavy atom. The zero-order valence-electron chi connectivity index (χ0n) is 27.5. The van der Waals surface area contributed by atoms with E-state index in [1.165, 1.54) is 55.2 Å². The molecule has 0 unspecified atom stereocenters. The van der Waals surface area contributed by atoms with Crippen LogP contribution in [0.5, 0.6) is 0 Å². The number of benzene rings is 8. The third-order valence-electron chi connectivity index (χ3n) is 9.57. The van der Waals surface area contributed by atoms with Gasteiger partial charge in [0.05, 0.1) is 16.7 Å². The van der Waals surface area contributed by atoms with Crippen molar-refractivity contribution in [3.8, 4) is 39.1 Å². The standard InChI is InChI=1S/C48H34N2/c1-6-17-35(18-7-1)38-29-31-45(43(33-38)37-21-10-3-11-22-37)49(39-23-12-4-13-24-39)41-30-32-46-44(34-41)48-42(36-19-8-2-9-20-36)27-16-28-47(48)50(46)40-25-14-5-15-26-40/h1-34H. The van der Waals surface area contributed by atoms with Crippen LogP contribution in [0.3, 0.4) is 0 Å². The van der Waals surface area contributed by atoms with Gasteiger partial charge in [-0.15, -0.1) is 0 Å². The number of hydrogen-bond donors (Lipinski definition) is 0. The third-order valence-corrected chi connectivity index (χ3v) is 9.57. The van der Waals surface area contributed by atoms with Crippen LogP contribution in [0.4, 0.5) is 17.1 Å². The second-order valence-electron chi connectivity index (χ2n) is 12.6. The maximum absolute atomic E-state index is 2.41. The number of aromatic nitrogens is 1. The SMILES string of the molecule is c1ccc(-c2ccc(N(c3ccccc3)c3ccc4c(c3)c3c(-c5ccccc5)cccc3n4-c3ccccc3)c(-c3ccccc3)c2)cc1. The Kier molecular flexibility index (Phi) is 7.53. The van der Waals surface area contributed by atoms with Crippen molar-refractivity contribution in [1.29, 1.82) is 0 Å². The van der Waals surface area contributed by atoms with Crippen molar-refractivity contribution in [2.24, 2.45) is 0 Å². The van der Waals surface area contributed by atoms with Gasteiger partial charge >= 0.3 is 0 Å². The molecule has 0 fully saturated rings. The molecule has 0 aliphatic heterocycles. The molecule has 50 heavy (non-hydrogen) atoms. The molecular weight excluding hydrogens is 605 g/mol. The van der Waals surface area contributed by atoms with Crippen LogP contribution in [0.1, 0.15) is 0 Å². The van der Waals surface area contributed by atoms with Crippen molar-refractivity contribution < 1.29 is 0 Å². The molecule has 8 aromatic carbocycles. The third kappa shape index (κ3) is 5.24. The van der Waals surface area contributed by atoms with Crippen LogP contribution in [0.15, 0.2) is 206 Å². The van der Waals surface area contributed by atoms with E-state index in [9.17, 15) is 0 Å². The highest BCUT2D eigenvalue weighted by Gasteiger charge is 2.21. The van der Waals surface area contributed by atoms with E-state index in [1.807, 2.05) is 0 Å². The molecule has 9 aromatic rings. The fraction of sp³-hybridized carbons (Fsp3) is 0. The molecule has 2 nitrogen and oxygen atoms in total. The molecule has 0 bridgehead atoms. The molecule has 0 N–H and O–H groups in total.